The molecule has 4 aromatic rings. The smallest absolute Gasteiger partial charge is 0.347 e. The molecule has 2 atom stereocenters. The number of carbonyl (C=O) groups excluding carboxylic acids is 1. The molecular weight excluding hydrogens is 482 g/mol. The van der Waals surface area contributed by atoms with E-state index < -0.39 is 32.9 Å². The third kappa shape index (κ3) is 4.58. The highest BCUT2D eigenvalue weighted by molar-refractivity contribution is 7.93. The van der Waals surface area contributed by atoms with Gasteiger partial charge in [-0.3, -0.25) is 14.5 Å². The van der Waals surface area contributed by atoms with Gasteiger partial charge in [0.2, 0.25) is 5.44 Å². The first-order valence-electron chi connectivity index (χ1n) is 11.0. The lowest BCUT2D eigenvalue weighted by molar-refractivity contribution is 0.104. The Morgan fingerprint density at radius 1 is 1.00 bits per heavy atom. The Morgan fingerprint density at radius 3 is 2.50 bits per heavy atom. The number of allylic oxidation sites excluding steroid dienone is 1. The van der Waals surface area contributed by atoms with E-state index in [2.05, 4.69) is 15.0 Å². The number of fused-ring (bicyclic) bond motifs is 3. The van der Waals surface area contributed by atoms with Crippen LogP contribution in [0.1, 0.15) is 17.3 Å². The Labute approximate surface area is 206 Å². The average Bonchev–Trinajstić information content (AvgIpc) is 3.31. The molecule has 10 heteroatoms. The number of sulfonamides is 1. The molecule has 1 aliphatic heterocycles. The van der Waals surface area contributed by atoms with Gasteiger partial charge in [0, 0.05) is 29.0 Å². The molecule has 0 spiro atoms. The van der Waals surface area contributed by atoms with Crippen molar-refractivity contribution in [1.29, 1.82) is 0 Å². The average molecular weight is 504 g/mol. The zero-order valence-corrected chi connectivity index (χ0v) is 19.9. The molecule has 3 aromatic carbocycles. The fraction of sp³-hybridized carbons (Fsp3) is 0.115. The van der Waals surface area contributed by atoms with Gasteiger partial charge in [-0.2, -0.15) is 0 Å². The van der Waals surface area contributed by atoms with Crippen LogP contribution >= 0.6 is 0 Å². The molecule has 0 aliphatic carbocycles. The van der Waals surface area contributed by atoms with Crippen molar-refractivity contribution in [2.24, 2.45) is 4.99 Å². The van der Waals surface area contributed by atoms with Crippen molar-refractivity contribution in [3.8, 4) is 0 Å². The Hall–Kier alpha value is -4.44. The molecule has 0 saturated carbocycles. The summed E-state index contributed by atoms with van der Waals surface area (Å²) >= 11 is 0. The van der Waals surface area contributed by atoms with Crippen molar-refractivity contribution in [3.63, 3.8) is 0 Å². The van der Waals surface area contributed by atoms with Crippen LogP contribution in [-0.4, -0.2) is 32.1 Å². The van der Waals surface area contributed by atoms with Crippen LogP contribution in [0.25, 0.3) is 21.7 Å². The summed E-state index contributed by atoms with van der Waals surface area (Å²) in [6.07, 6.45) is 3.78. The Balaban J connectivity index is 1.28. The molecule has 0 fully saturated rings. The quantitative estimate of drug-likeness (QED) is 0.167. The molecule has 2 N–H and O–H groups in total. The summed E-state index contributed by atoms with van der Waals surface area (Å²) in [7, 11) is -3.78. The lowest BCUT2D eigenvalue weighted by Crippen LogP contribution is -2.34. The summed E-state index contributed by atoms with van der Waals surface area (Å²) in [5.41, 5.74) is -0.509. The molecule has 36 heavy (non-hydrogen) atoms. The van der Waals surface area contributed by atoms with Crippen LogP contribution in [0.15, 0.2) is 93.2 Å². The van der Waals surface area contributed by atoms with Crippen molar-refractivity contribution < 1.29 is 22.4 Å². The zero-order chi connectivity index (χ0) is 25.3. The first-order valence-corrected chi connectivity index (χ1v) is 12.6. The largest absolute Gasteiger partial charge is 0.460 e. The van der Waals surface area contributed by atoms with E-state index in [-0.39, 0.29) is 5.56 Å². The van der Waals surface area contributed by atoms with Crippen molar-refractivity contribution in [3.05, 3.63) is 95.0 Å². The van der Waals surface area contributed by atoms with Gasteiger partial charge >= 0.3 is 5.63 Å². The topological polar surface area (TPSA) is 127 Å². The molecule has 0 bridgehead atoms. The van der Waals surface area contributed by atoms with Crippen LogP contribution in [0.3, 0.4) is 0 Å². The van der Waals surface area contributed by atoms with Gasteiger partial charge in [0.1, 0.15) is 17.2 Å². The summed E-state index contributed by atoms with van der Waals surface area (Å²) < 4.78 is 37.8. The van der Waals surface area contributed by atoms with Crippen molar-refractivity contribution in [2.75, 3.05) is 10.0 Å². The second kappa shape index (κ2) is 9.31. The SMILES string of the molecule is CC1N=COC1S(=O)(=O)Nc1ccc(N/C=C/C(=O)c2cc3c(ccc4ccccc43)oc2=O)cc1. The normalized spacial score (nSPS) is 17.5. The number of nitrogens with one attached hydrogen (secondary N) is 2. The van der Waals surface area contributed by atoms with Gasteiger partial charge in [-0.25, -0.2) is 13.2 Å². The molecule has 9 nitrogen and oxygen atoms in total. The van der Waals surface area contributed by atoms with Gasteiger partial charge in [0.15, 0.2) is 12.2 Å². The minimum absolute atomic E-state index is 0.0750. The van der Waals surface area contributed by atoms with Crippen LogP contribution in [-0.2, 0) is 14.8 Å². The molecule has 0 saturated heterocycles. The number of carbonyl (C=O) groups is 1. The molecule has 2 heterocycles. The van der Waals surface area contributed by atoms with E-state index in [1.54, 1.807) is 43.3 Å². The minimum Gasteiger partial charge on any atom is -0.460 e. The fourth-order valence-corrected chi connectivity index (χ4v) is 5.28. The third-order valence-electron chi connectivity index (χ3n) is 5.73. The Morgan fingerprint density at radius 2 is 1.75 bits per heavy atom. The van der Waals surface area contributed by atoms with Crippen LogP contribution < -0.4 is 15.7 Å². The van der Waals surface area contributed by atoms with Crippen LogP contribution in [0, 0.1) is 0 Å². The highest BCUT2D eigenvalue weighted by atomic mass is 32.2. The van der Waals surface area contributed by atoms with Gasteiger partial charge < -0.3 is 14.5 Å². The maximum atomic E-state index is 12.7. The maximum absolute atomic E-state index is 12.7. The number of nitrogens with zero attached hydrogens (tertiary/aromatic N) is 1. The number of ketones is 1. The number of ether oxygens (including phenoxy) is 1. The molecule has 1 aliphatic rings. The van der Waals surface area contributed by atoms with Crippen molar-refractivity contribution in [1.82, 2.24) is 0 Å². The van der Waals surface area contributed by atoms with E-state index in [4.69, 9.17) is 9.15 Å². The number of benzene rings is 3. The molecule has 2 unspecified atom stereocenters. The van der Waals surface area contributed by atoms with E-state index >= 15 is 0 Å². The molecule has 0 radical (unpaired) electrons. The van der Waals surface area contributed by atoms with Gasteiger partial charge in [-0.1, -0.05) is 30.3 Å². The molecule has 5 rings (SSSR count). The second-order valence-electron chi connectivity index (χ2n) is 8.21. The summed E-state index contributed by atoms with van der Waals surface area (Å²) in [6, 6.07) is 18.7. The maximum Gasteiger partial charge on any atom is 0.347 e. The number of hydrogen-bond acceptors (Lipinski definition) is 8. The van der Waals surface area contributed by atoms with Gasteiger partial charge in [0.05, 0.1) is 0 Å². The van der Waals surface area contributed by atoms with Gasteiger partial charge in [-0.15, -0.1) is 0 Å². The van der Waals surface area contributed by atoms with Gasteiger partial charge in [-0.05, 0) is 54.1 Å². The number of anilines is 2. The zero-order valence-electron chi connectivity index (χ0n) is 19.0. The predicted octanol–water partition coefficient (Wildman–Crippen LogP) is 4.27. The van der Waals surface area contributed by atoms with Crippen molar-refractivity contribution >= 4 is 55.3 Å². The van der Waals surface area contributed by atoms with E-state index in [1.165, 1.54) is 12.3 Å². The lowest BCUT2D eigenvalue weighted by Gasteiger charge is -2.16. The van der Waals surface area contributed by atoms with E-state index in [0.29, 0.717) is 22.3 Å². The summed E-state index contributed by atoms with van der Waals surface area (Å²) in [5.74, 6) is -0.511. The number of hydrogen-bond donors (Lipinski definition) is 2. The first-order chi connectivity index (χ1) is 17.3. The van der Waals surface area contributed by atoms with Gasteiger partial charge in [0.25, 0.3) is 10.0 Å². The summed E-state index contributed by atoms with van der Waals surface area (Å²) in [4.78, 5) is 29.0. The van der Waals surface area contributed by atoms with Crippen LogP contribution in [0.2, 0.25) is 0 Å². The minimum atomic E-state index is -3.78. The molecule has 182 valence electrons. The summed E-state index contributed by atoms with van der Waals surface area (Å²) in [5, 5.41) is 5.46. The molecule has 1 aromatic heterocycles. The Bertz CT molecular complexity index is 1690. The van der Waals surface area contributed by atoms with Crippen molar-refractivity contribution in [2.45, 2.75) is 18.4 Å². The molecule has 0 amide bonds. The number of rotatable bonds is 7. The predicted molar refractivity (Wildman–Crippen MR) is 139 cm³/mol. The van der Waals surface area contributed by atoms with E-state index in [9.17, 15) is 18.0 Å². The van der Waals surface area contributed by atoms with E-state index in [0.717, 1.165) is 17.2 Å². The monoisotopic (exact) mass is 503 g/mol. The first kappa shape index (κ1) is 23.3. The lowest BCUT2D eigenvalue weighted by atomic mass is 10.0. The summed E-state index contributed by atoms with van der Waals surface area (Å²) in [6.45, 7) is 1.65. The number of aliphatic imine (C=N–C) groups is 1. The highest BCUT2D eigenvalue weighted by Gasteiger charge is 2.35. The van der Waals surface area contributed by atoms with Crippen LogP contribution in [0.5, 0.6) is 0 Å². The fourth-order valence-electron chi connectivity index (χ4n) is 3.91. The highest BCUT2D eigenvalue weighted by Crippen LogP contribution is 2.25. The third-order valence-corrected chi connectivity index (χ3v) is 7.36. The Kier molecular flexibility index (Phi) is 6.03. The van der Waals surface area contributed by atoms with E-state index in [1.807, 2.05) is 30.3 Å². The standard InChI is InChI=1S/C26H21N3O6S/c1-16-26(34-15-28-16)36(32,33)29-19-9-7-18(8-10-19)27-13-12-23(30)22-14-21-20-5-3-2-4-17(20)6-11-24(21)35-25(22)31/h2-16,26-27,29H,1H3/b13-12+. The molecular formula is C26H21N3O6S. The second-order valence-corrected chi connectivity index (χ2v) is 9.97. The van der Waals surface area contributed by atoms with Crippen LogP contribution in [0.4, 0.5) is 11.4 Å².